The lowest BCUT2D eigenvalue weighted by atomic mass is 9.80. The minimum absolute atomic E-state index is 0.371. The van der Waals surface area contributed by atoms with Gasteiger partial charge in [-0.15, -0.1) is 0 Å². The molecule has 1 aromatic heterocycles. The van der Waals surface area contributed by atoms with Gasteiger partial charge in [0, 0.05) is 11.5 Å². The number of hydrogen-bond acceptors (Lipinski definition) is 5. The Hall–Kier alpha value is -2.88. The van der Waals surface area contributed by atoms with Gasteiger partial charge in [0.05, 0.1) is 23.8 Å². The minimum atomic E-state index is -0.854. The van der Waals surface area contributed by atoms with Crippen LogP contribution < -0.4 is 10.2 Å². The molecule has 1 N–H and O–H groups in total. The van der Waals surface area contributed by atoms with Crippen LogP contribution in [0.3, 0.4) is 0 Å². The maximum atomic E-state index is 9.62. The van der Waals surface area contributed by atoms with E-state index in [0.29, 0.717) is 23.8 Å². The molecule has 0 saturated heterocycles. The molecule has 110 valence electrons. The molecule has 1 aliphatic rings. The summed E-state index contributed by atoms with van der Waals surface area (Å²) in [5.41, 5.74) is 3.05. The Bertz CT molecular complexity index is 952. The van der Waals surface area contributed by atoms with Gasteiger partial charge in [0.25, 0.3) is 0 Å². The van der Waals surface area contributed by atoms with E-state index in [9.17, 15) is 5.02 Å². The highest BCUT2D eigenvalue weighted by molar-refractivity contribution is 6.61. The van der Waals surface area contributed by atoms with Crippen LogP contribution >= 0.6 is 0 Å². The molecule has 0 amide bonds. The topological polar surface area (TPSA) is 75.4 Å². The van der Waals surface area contributed by atoms with Crippen LogP contribution in [0.25, 0.3) is 10.9 Å². The third-order valence-electron chi connectivity index (χ3n) is 3.79. The molecule has 4 rings (SSSR count). The Morgan fingerprint density at radius 2 is 2.09 bits per heavy atom. The molecule has 2 heterocycles. The zero-order chi connectivity index (χ0) is 15.8. The number of hydrogen-bond donors (Lipinski definition) is 1. The summed E-state index contributed by atoms with van der Waals surface area (Å²) in [5, 5.41) is 19.4. The van der Waals surface area contributed by atoms with Crippen molar-refractivity contribution in [1.29, 1.82) is 5.26 Å². The largest absolute Gasteiger partial charge is 0.491 e. The van der Waals surface area contributed by atoms with E-state index < -0.39 is 7.12 Å². The van der Waals surface area contributed by atoms with Crippen molar-refractivity contribution in [2.75, 3.05) is 0 Å². The van der Waals surface area contributed by atoms with Gasteiger partial charge in [-0.3, -0.25) is 0 Å². The molecule has 0 aliphatic carbocycles. The minimum Gasteiger partial charge on any atom is -0.439 e. The summed E-state index contributed by atoms with van der Waals surface area (Å²) in [6.45, 7) is 0.371. The second-order valence-electron chi connectivity index (χ2n) is 5.29. The molecule has 0 saturated carbocycles. The van der Waals surface area contributed by atoms with Crippen LogP contribution in [0, 0.1) is 11.3 Å². The standard InChI is InChI=1S/C17H11BN2O3/c19-9-11-1-5-16-12(7-11)2-6-17(20-16)23-14-3-4-15-13(8-14)10-22-18(15)21/h1-8,21H,10H2. The SMILES string of the molecule is N#Cc1ccc2nc(Oc3ccc4c(c3)COB4O)ccc2c1. The molecule has 23 heavy (non-hydrogen) atoms. The van der Waals surface area contributed by atoms with E-state index in [1.807, 2.05) is 12.1 Å². The molecule has 3 aromatic rings. The van der Waals surface area contributed by atoms with Crippen LogP contribution in [0.2, 0.25) is 0 Å². The Labute approximate surface area is 132 Å². The van der Waals surface area contributed by atoms with Gasteiger partial charge >= 0.3 is 7.12 Å². The number of aromatic nitrogens is 1. The predicted molar refractivity (Wildman–Crippen MR) is 85.4 cm³/mol. The van der Waals surface area contributed by atoms with E-state index in [1.54, 1.807) is 36.4 Å². The lowest BCUT2D eigenvalue weighted by Gasteiger charge is -2.07. The third kappa shape index (κ3) is 2.53. The van der Waals surface area contributed by atoms with E-state index in [-0.39, 0.29) is 0 Å². The van der Waals surface area contributed by atoms with Gasteiger partial charge in [-0.1, -0.05) is 6.07 Å². The predicted octanol–water partition coefficient (Wildman–Crippen LogP) is 2.12. The van der Waals surface area contributed by atoms with Crippen molar-refractivity contribution in [1.82, 2.24) is 4.98 Å². The third-order valence-corrected chi connectivity index (χ3v) is 3.79. The van der Waals surface area contributed by atoms with Gasteiger partial charge in [-0.25, -0.2) is 4.98 Å². The van der Waals surface area contributed by atoms with Crippen LogP contribution in [0.5, 0.6) is 11.6 Å². The fourth-order valence-electron chi connectivity index (χ4n) is 2.62. The van der Waals surface area contributed by atoms with Crippen molar-refractivity contribution in [3.63, 3.8) is 0 Å². The zero-order valence-corrected chi connectivity index (χ0v) is 12.1. The van der Waals surface area contributed by atoms with Crippen molar-refractivity contribution < 1.29 is 14.4 Å². The molecule has 6 heteroatoms. The quantitative estimate of drug-likeness (QED) is 0.734. The molecular formula is C17H11BN2O3. The van der Waals surface area contributed by atoms with Crippen LogP contribution in [0.15, 0.2) is 48.5 Å². The molecule has 0 radical (unpaired) electrons. The molecule has 0 atom stereocenters. The van der Waals surface area contributed by atoms with Crippen LogP contribution in [-0.4, -0.2) is 17.1 Å². The van der Waals surface area contributed by atoms with E-state index >= 15 is 0 Å². The molecule has 0 unspecified atom stereocenters. The Morgan fingerprint density at radius 1 is 1.17 bits per heavy atom. The summed E-state index contributed by atoms with van der Waals surface area (Å²) in [5.74, 6) is 1.11. The normalized spacial score (nSPS) is 13.0. The first-order valence-corrected chi connectivity index (χ1v) is 7.14. The Balaban J connectivity index is 1.64. The highest BCUT2D eigenvalue weighted by Crippen LogP contribution is 2.24. The number of fused-ring (bicyclic) bond motifs is 2. The first-order valence-electron chi connectivity index (χ1n) is 7.14. The lowest BCUT2D eigenvalue weighted by Crippen LogP contribution is -2.27. The summed E-state index contributed by atoms with van der Waals surface area (Å²) < 4.78 is 11.0. The van der Waals surface area contributed by atoms with Crippen LogP contribution in [0.1, 0.15) is 11.1 Å². The highest BCUT2D eigenvalue weighted by Gasteiger charge is 2.27. The van der Waals surface area contributed by atoms with Crippen molar-refractivity contribution in [2.24, 2.45) is 0 Å². The first-order chi connectivity index (χ1) is 11.2. The maximum absolute atomic E-state index is 9.62. The monoisotopic (exact) mass is 302 g/mol. The van der Waals surface area contributed by atoms with Crippen molar-refractivity contribution >= 4 is 23.5 Å². The number of pyridine rings is 1. The van der Waals surface area contributed by atoms with E-state index in [2.05, 4.69) is 11.1 Å². The summed E-state index contributed by atoms with van der Waals surface area (Å²) in [4.78, 5) is 4.44. The van der Waals surface area contributed by atoms with Gasteiger partial charge < -0.3 is 14.4 Å². The van der Waals surface area contributed by atoms with Gasteiger partial charge in [0.15, 0.2) is 0 Å². The molecular weight excluding hydrogens is 291 g/mol. The average molecular weight is 302 g/mol. The van der Waals surface area contributed by atoms with E-state index in [0.717, 1.165) is 21.9 Å². The second-order valence-corrected chi connectivity index (χ2v) is 5.29. The summed E-state index contributed by atoms with van der Waals surface area (Å²) in [6.07, 6.45) is 0. The number of rotatable bonds is 2. The van der Waals surface area contributed by atoms with E-state index in [1.165, 1.54) is 0 Å². The van der Waals surface area contributed by atoms with Gasteiger partial charge in [-0.2, -0.15) is 5.26 Å². The van der Waals surface area contributed by atoms with Crippen molar-refractivity contribution in [2.45, 2.75) is 6.61 Å². The summed E-state index contributed by atoms with van der Waals surface area (Å²) in [6, 6.07) is 16.5. The highest BCUT2D eigenvalue weighted by atomic mass is 16.5. The van der Waals surface area contributed by atoms with E-state index in [4.69, 9.17) is 14.7 Å². The van der Waals surface area contributed by atoms with Gasteiger partial charge in [0.1, 0.15) is 5.75 Å². The number of nitrogens with zero attached hydrogens (tertiary/aromatic N) is 2. The molecule has 5 nitrogen and oxygen atoms in total. The number of benzene rings is 2. The number of nitriles is 1. The molecule has 0 spiro atoms. The smallest absolute Gasteiger partial charge is 0.439 e. The molecule has 2 aromatic carbocycles. The molecule has 0 bridgehead atoms. The Morgan fingerprint density at radius 3 is 2.96 bits per heavy atom. The lowest BCUT2D eigenvalue weighted by molar-refractivity contribution is 0.275. The summed E-state index contributed by atoms with van der Waals surface area (Å²) in [7, 11) is -0.854. The fourth-order valence-corrected chi connectivity index (χ4v) is 2.62. The second kappa shape index (κ2) is 5.40. The maximum Gasteiger partial charge on any atom is 0.491 e. The molecule has 0 fully saturated rings. The first kappa shape index (κ1) is 13.8. The van der Waals surface area contributed by atoms with Crippen LogP contribution in [0.4, 0.5) is 0 Å². The van der Waals surface area contributed by atoms with Crippen LogP contribution in [-0.2, 0) is 11.3 Å². The van der Waals surface area contributed by atoms with Crippen molar-refractivity contribution in [3.8, 4) is 17.7 Å². The summed E-state index contributed by atoms with van der Waals surface area (Å²) >= 11 is 0. The van der Waals surface area contributed by atoms with Gasteiger partial charge in [0.2, 0.25) is 5.88 Å². The Kier molecular flexibility index (Phi) is 3.23. The van der Waals surface area contributed by atoms with Gasteiger partial charge in [-0.05, 0) is 47.4 Å². The number of ether oxygens (including phenoxy) is 1. The zero-order valence-electron chi connectivity index (χ0n) is 12.1. The average Bonchev–Trinajstić information content (AvgIpc) is 2.95. The fraction of sp³-hybridized carbons (Fsp3) is 0.0588. The van der Waals surface area contributed by atoms with Crippen molar-refractivity contribution in [3.05, 3.63) is 59.7 Å². The molecule has 1 aliphatic heterocycles.